The average Bonchev–Trinajstić information content (AvgIpc) is 3.50. The number of carbonyl (C=O) groups is 3. The highest BCUT2D eigenvalue weighted by molar-refractivity contribution is 7.80. The van der Waals surface area contributed by atoms with Crippen molar-refractivity contribution in [3.8, 4) is 39.7 Å². The maximum Gasteiger partial charge on any atom is 0.336 e. The lowest BCUT2D eigenvalue weighted by atomic mass is 9.90. The number of fused-ring (bicyclic) bond motifs is 3. The highest BCUT2D eigenvalue weighted by Crippen LogP contribution is 2.42. The van der Waals surface area contributed by atoms with Crippen LogP contribution >= 0.6 is 23.6 Å². The minimum Gasteiger partial charge on any atom is -0.508 e. The number of thiocarbonyl (C=S) groups is 1. The van der Waals surface area contributed by atoms with Gasteiger partial charge in [0.15, 0.2) is 10.5 Å². The molecule has 0 unspecified atom stereocenters. The summed E-state index contributed by atoms with van der Waals surface area (Å²) in [5.41, 5.74) is 4.23. The van der Waals surface area contributed by atoms with E-state index < -0.39 is 11.9 Å². The number of carboxylic acids is 1. The van der Waals surface area contributed by atoms with Crippen molar-refractivity contribution in [2.24, 2.45) is 0 Å². The summed E-state index contributed by atoms with van der Waals surface area (Å²) in [6.07, 6.45) is 2.45. The fourth-order valence-corrected chi connectivity index (χ4v) is 7.71. The lowest BCUT2D eigenvalue weighted by Gasteiger charge is -2.20. The lowest BCUT2D eigenvalue weighted by molar-refractivity contribution is 0.0694. The van der Waals surface area contributed by atoms with Crippen LogP contribution in [-0.4, -0.2) is 69.6 Å². The van der Waals surface area contributed by atoms with Crippen LogP contribution in [-0.2, 0) is 6.54 Å². The normalized spacial score (nSPS) is 12.3. The van der Waals surface area contributed by atoms with E-state index in [0.717, 1.165) is 30.6 Å². The first-order valence-electron chi connectivity index (χ1n) is 18.2. The zero-order valence-electron chi connectivity index (χ0n) is 30.7. The van der Waals surface area contributed by atoms with Crippen molar-refractivity contribution in [3.63, 3.8) is 0 Å². The van der Waals surface area contributed by atoms with Crippen LogP contribution in [0.3, 0.4) is 0 Å². The molecule has 2 aliphatic heterocycles. The van der Waals surface area contributed by atoms with Crippen LogP contribution in [0.2, 0.25) is 0 Å². The number of hydroxylamine groups is 1. The molecule has 0 spiro atoms. The number of aromatic hydroxyl groups is 1. The zero-order chi connectivity index (χ0) is 40.8. The lowest BCUT2D eigenvalue weighted by Crippen LogP contribution is -2.35. The molecule has 15 nitrogen and oxygen atoms in total. The van der Waals surface area contributed by atoms with Crippen LogP contribution < -0.4 is 36.3 Å². The SMILES string of the molecule is O=C(NO)c1cc2c(s1)CN(C(=O)Nc1ccc(OCCCCCNC(=S)Nc3ccc(-c4c5ccc(=O)cc-5oc5cc(O)ccc45)c(C(=O)O)c3)cc1)CCO2. The summed E-state index contributed by atoms with van der Waals surface area (Å²) in [4.78, 5) is 52.0. The molecule has 0 saturated heterocycles. The summed E-state index contributed by atoms with van der Waals surface area (Å²) < 4.78 is 17.5. The Hall–Kier alpha value is -6.69. The molecule has 4 aromatic rings. The molecule has 0 atom stereocenters. The number of benzene rings is 4. The number of unbranched alkanes of at least 4 members (excludes halogenated alkanes) is 2. The first-order chi connectivity index (χ1) is 28.1. The first kappa shape index (κ1) is 39.5. The Balaban J connectivity index is 0.857. The number of amides is 3. The van der Waals surface area contributed by atoms with Crippen LogP contribution in [0.5, 0.6) is 17.2 Å². The van der Waals surface area contributed by atoms with Crippen LogP contribution in [0, 0.1) is 0 Å². The number of thiophene rings is 1. The van der Waals surface area contributed by atoms with Gasteiger partial charge in [0, 0.05) is 52.6 Å². The van der Waals surface area contributed by atoms with Gasteiger partial charge in [-0.2, -0.15) is 0 Å². The molecule has 0 radical (unpaired) electrons. The molecule has 0 saturated carbocycles. The van der Waals surface area contributed by atoms with E-state index in [1.54, 1.807) is 65.0 Å². The first-order valence-corrected chi connectivity index (χ1v) is 19.4. The standard InChI is InChI=1S/C41H37N5O10S2/c47-25-7-12-29-32(19-25)56-33-20-26(48)8-13-30(33)37(29)28-11-6-24(18-31(28)39(50)51)43-40(57)42-14-2-1-3-16-54-27-9-4-23(5-10-27)44-41(52)46-15-17-55-34-21-35(38(49)45-53)58-36(34)22-46/h4-13,18-21,47,53H,1-3,14-17,22H2,(H,44,52)(H,45,49)(H,50,51)(H2,42,43,57). The second-order valence-electron chi connectivity index (χ2n) is 13.2. The monoisotopic (exact) mass is 823 g/mol. The highest BCUT2D eigenvalue weighted by atomic mass is 32.1. The van der Waals surface area contributed by atoms with Crippen LogP contribution in [0.25, 0.3) is 33.4 Å². The molecule has 3 aromatic carbocycles. The molecule has 1 aliphatic carbocycles. The number of carboxylic acid groups (broad SMARTS) is 1. The van der Waals surface area contributed by atoms with E-state index in [1.807, 2.05) is 0 Å². The van der Waals surface area contributed by atoms with Crippen molar-refractivity contribution < 1.29 is 43.7 Å². The summed E-state index contributed by atoms with van der Waals surface area (Å²) in [5, 5.41) is 39.2. The van der Waals surface area contributed by atoms with Gasteiger partial charge in [0.05, 0.1) is 35.0 Å². The molecule has 3 amide bonds. The molecule has 0 bridgehead atoms. The molecular formula is C41H37N5O10S2. The maximum absolute atomic E-state index is 13.0. The average molecular weight is 824 g/mol. The van der Waals surface area contributed by atoms with Crippen molar-refractivity contribution >= 4 is 68.9 Å². The van der Waals surface area contributed by atoms with Crippen molar-refractivity contribution in [1.82, 2.24) is 15.7 Å². The predicted molar refractivity (Wildman–Crippen MR) is 222 cm³/mol. The number of ether oxygens (including phenoxy) is 2. The number of urea groups is 1. The van der Waals surface area contributed by atoms with E-state index >= 15 is 0 Å². The third kappa shape index (κ3) is 9.12. The Bertz CT molecular complexity index is 2540. The number of hydrogen-bond acceptors (Lipinski definition) is 11. The molecule has 3 heterocycles. The van der Waals surface area contributed by atoms with Crippen molar-refractivity contribution in [1.29, 1.82) is 0 Å². The van der Waals surface area contributed by atoms with Gasteiger partial charge >= 0.3 is 12.0 Å². The molecule has 0 fully saturated rings. The zero-order valence-corrected chi connectivity index (χ0v) is 32.3. The van der Waals surface area contributed by atoms with Gasteiger partial charge < -0.3 is 45.0 Å². The van der Waals surface area contributed by atoms with E-state index in [1.165, 1.54) is 30.3 Å². The minimum atomic E-state index is -1.16. The number of anilines is 2. The number of hydrogen-bond donors (Lipinski definition) is 7. The predicted octanol–water partition coefficient (Wildman–Crippen LogP) is 7.11. The third-order valence-electron chi connectivity index (χ3n) is 9.27. The number of nitrogens with one attached hydrogen (secondary N) is 4. The quantitative estimate of drug-likeness (QED) is 0.0216. The second kappa shape index (κ2) is 17.6. The molecule has 298 valence electrons. The largest absolute Gasteiger partial charge is 0.508 e. The topological polar surface area (TPSA) is 212 Å². The summed E-state index contributed by atoms with van der Waals surface area (Å²) in [5.74, 6) is -0.380. The minimum absolute atomic E-state index is 0.00853. The van der Waals surface area contributed by atoms with Gasteiger partial charge in [0.1, 0.15) is 35.2 Å². The Morgan fingerprint density at radius 1 is 0.897 bits per heavy atom. The summed E-state index contributed by atoms with van der Waals surface area (Å²) >= 11 is 6.63. The fourth-order valence-electron chi connectivity index (χ4n) is 6.48. The van der Waals surface area contributed by atoms with Crippen LogP contribution in [0.1, 0.15) is 44.2 Å². The molecule has 1 aromatic heterocycles. The Morgan fingerprint density at radius 3 is 2.48 bits per heavy atom. The molecule has 17 heteroatoms. The summed E-state index contributed by atoms with van der Waals surface area (Å²) in [6.45, 7) is 1.96. The number of aromatic carboxylic acids is 1. The Kier molecular flexibility index (Phi) is 12.0. The molecule has 7 rings (SSSR count). The van der Waals surface area contributed by atoms with E-state index in [-0.39, 0.29) is 46.6 Å². The number of phenols is 1. The third-order valence-corrected chi connectivity index (χ3v) is 10.6. The van der Waals surface area contributed by atoms with Crippen LogP contribution in [0.15, 0.2) is 94.1 Å². The Labute approximate surface area is 340 Å². The van der Waals surface area contributed by atoms with Gasteiger partial charge in [-0.15, -0.1) is 11.3 Å². The van der Waals surface area contributed by atoms with E-state index in [9.17, 15) is 29.4 Å². The molecule has 3 aliphatic rings. The highest BCUT2D eigenvalue weighted by Gasteiger charge is 2.25. The number of rotatable bonds is 12. The van der Waals surface area contributed by atoms with Crippen molar-refractivity contribution in [3.05, 3.63) is 110 Å². The fraction of sp³-hybridized carbons (Fsp3) is 0.195. The number of carbonyl (C=O) groups excluding carboxylic acids is 2. The maximum atomic E-state index is 13.0. The van der Waals surface area contributed by atoms with Crippen LogP contribution in [0.4, 0.5) is 16.2 Å². The second-order valence-corrected chi connectivity index (χ2v) is 14.8. The van der Waals surface area contributed by atoms with Gasteiger partial charge in [0.2, 0.25) is 0 Å². The molecular weight excluding hydrogens is 787 g/mol. The summed E-state index contributed by atoms with van der Waals surface area (Å²) in [6, 6.07) is 22.1. The van der Waals surface area contributed by atoms with Crippen molar-refractivity contribution in [2.75, 3.05) is 36.9 Å². The summed E-state index contributed by atoms with van der Waals surface area (Å²) in [7, 11) is 0. The number of nitrogens with zero attached hydrogens (tertiary/aromatic N) is 1. The van der Waals surface area contributed by atoms with Gasteiger partial charge in [-0.25, -0.2) is 15.1 Å². The van der Waals surface area contributed by atoms with Gasteiger partial charge in [0.25, 0.3) is 5.91 Å². The van der Waals surface area contributed by atoms with Crippen molar-refractivity contribution in [2.45, 2.75) is 25.8 Å². The Morgan fingerprint density at radius 2 is 1.69 bits per heavy atom. The van der Waals surface area contributed by atoms with E-state index in [4.69, 9.17) is 31.3 Å². The number of phenolic OH excluding ortho intramolecular Hbond substituents is 1. The smallest absolute Gasteiger partial charge is 0.336 e. The van der Waals surface area contributed by atoms with E-state index in [2.05, 4.69) is 16.0 Å². The van der Waals surface area contributed by atoms with Gasteiger partial charge in [-0.05, 0) is 97.7 Å². The molecule has 7 N–H and O–H groups in total. The van der Waals surface area contributed by atoms with Gasteiger partial charge in [-0.3, -0.25) is 14.8 Å². The van der Waals surface area contributed by atoms with Gasteiger partial charge in [-0.1, -0.05) is 6.07 Å². The van der Waals surface area contributed by atoms with E-state index in [0.29, 0.717) is 80.2 Å². The molecule has 58 heavy (non-hydrogen) atoms.